The lowest BCUT2D eigenvalue weighted by molar-refractivity contribution is 0.261. The lowest BCUT2D eigenvalue weighted by atomic mass is 10.2. The molecule has 2 heterocycles. The number of amides is 4. The summed E-state index contributed by atoms with van der Waals surface area (Å²) in [5.74, 6) is 1.69. The summed E-state index contributed by atoms with van der Waals surface area (Å²) in [5.41, 5.74) is 4.28. The van der Waals surface area contributed by atoms with Gasteiger partial charge in [-0.2, -0.15) is 0 Å². The monoisotopic (exact) mass is 482 g/mol. The molecule has 5 rings (SSSR count). The highest BCUT2D eigenvalue weighted by Crippen LogP contribution is 2.18. The highest BCUT2D eigenvalue weighted by Gasteiger charge is 2.11. The molecule has 3 aromatic rings. The smallest absolute Gasteiger partial charge is 0.323 e. The Kier molecular flexibility index (Phi) is 6.74. The SMILES string of the molecule is O=C(Nc1ccc(C2=NCCN2)cc1)Nc1cccc(NC(=O)Nc2cccc(C3=NCCN3)c2)c1. The molecule has 182 valence electrons. The van der Waals surface area contributed by atoms with Gasteiger partial charge >= 0.3 is 12.1 Å². The first-order valence-electron chi connectivity index (χ1n) is 11.7. The molecule has 3 aromatic carbocycles. The zero-order valence-corrected chi connectivity index (χ0v) is 19.5. The number of nitrogens with one attached hydrogen (secondary N) is 6. The van der Waals surface area contributed by atoms with Crippen LogP contribution in [0.3, 0.4) is 0 Å². The Balaban J connectivity index is 1.15. The molecule has 2 aliphatic heterocycles. The first kappa shape index (κ1) is 22.9. The lowest BCUT2D eigenvalue weighted by Gasteiger charge is -2.12. The zero-order valence-electron chi connectivity index (χ0n) is 19.5. The van der Waals surface area contributed by atoms with Gasteiger partial charge in [0.1, 0.15) is 11.7 Å². The van der Waals surface area contributed by atoms with Crippen LogP contribution in [0.4, 0.5) is 32.3 Å². The van der Waals surface area contributed by atoms with E-state index >= 15 is 0 Å². The van der Waals surface area contributed by atoms with Crippen LogP contribution >= 0.6 is 0 Å². The Morgan fingerprint density at radius 1 is 0.583 bits per heavy atom. The summed E-state index contributed by atoms with van der Waals surface area (Å²) >= 11 is 0. The third-order valence-corrected chi connectivity index (χ3v) is 5.54. The topological polar surface area (TPSA) is 131 Å². The maximum absolute atomic E-state index is 12.5. The van der Waals surface area contributed by atoms with Crippen molar-refractivity contribution in [1.29, 1.82) is 0 Å². The summed E-state index contributed by atoms with van der Waals surface area (Å²) in [6.45, 7) is 3.18. The second kappa shape index (κ2) is 10.6. The fourth-order valence-corrected chi connectivity index (χ4v) is 3.90. The van der Waals surface area contributed by atoms with Crippen LogP contribution < -0.4 is 31.9 Å². The minimum atomic E-state index is -0.392. The van der Waals surface area contributed by atoms with Gasteiger partial charge in [0.2, 0.25) is 0 Å². The van der Waals surface area contributed by atoms with E-state index in [1.165, 1.54) is 0 Å². The molecule has 0 radical (unpaired) electrons. The number of rotatable bonds is 6. The van der Waals surface area contributed by atoms with E-state index in [0.717, 1.165) is 49.0 Å². The molecular formula is C26H26N8O2. The first-order valence-corrected chi connectivity index (χ1v) is 11.7. The summed E-state index contributed by atoms with van der Waals surface area (Å²) in [6.07, 6.45) is 0. The van der Waals surface area contributed by atoms with Gasteiger partial charge in [-0.05, 0) is 54.6 Å². The number of aliphatic imine (C=N–C) groups is 2. The predicted molar refractivity (Wildman–Crippen MR) is 143 cm³/mol. The van der Waals surface area contributed by atoms with Crippen LogP contribution in [0.5, 0.6) is 0 Å². The molecule has 10 heteroatoms. The Morgan fingerprint density at radius 2 is 1.08 bits per heavy atom. The maximum Gasteiger partial charge on any atom is 0.323 e. The van der Waals surface area contributed by atoms with Gasteiger partial charge in [-0.25, -0.2) is 9.59 Å². The van der Waals surface area contributed by atoms with E-state index in [9.17, 15) is 9.59 Å². The summed E-state index contributed by atoms with van der Waals surface area (Å²) in [7, 11) is 0. The molecule has 0 spiro atoms. The highest BCUT2D eigenvalue weighted by atomic mass is 16.2. The van der Waals surface area contributed by atoms with Crippen molar-refractivity contribution in [3.05, 3.63) is 83.9 Å². The van der Waals surface area contributed by atoms with E-state index in [0.29, 0.717) is 22.7 Å². The second-order valence-corrected chi connectivity index (χ2v) is 8.21. The van der Waals surface area contributed by atoms with Crippen molar-refractivity contribution >= 4 is 46.5 Å². The van der Waals surface area contributed by atoms with Gasteiger partial charge in [-0.3, -0.25) is 9.98 Å². The standard InChI is InChI=1S/C26H26N8O2/c35-25(31-19-9-7-17(8-10-19)23-27-11-12-28-23)33-21-5-2-6-22(16-21)34-26(36)32-20-4-1-3-18(15-20)24-29-13-14-30-24/h1-10,15-16H,11-14H2,(H,27,28)(H,29,30)(H2,31,33,35)(H2,32,34,36). The van der Waals surface area contributed by atoms with Gasteiger partial charge in [0, 0.05) is 47.0 Å². The molecule has 0 aromatic heterocycles. The molecule has 0 fully saturated rings. The number of urea groups is 2. The fourth-order valence-electron chi connectivity index (χ4n) is 3.90. The summed E-state index contributed by atoms with van der Waals surface area (Å²) in [5, 5.41) is 17.6. The van der Waals surface area contributed by atoms with E-state index in [2.05, 4.69) is 41.9 Å². The van der Waals surface area contributed by atoms with Crippen LogP contribution in [0.1, 0.15) is 11.1 Å². The summed E-state index contributed by atoms with van der Waals surface area (Å²) < 4.78 is 0. The van der Waals surface area contributed by atoms with Crippen molar-refractivity contribution in [2.45, 2.75) is 0 Å². The van der Waals surface area contributed by atoms with E-state index in [4.69, 9.17) is 0 Å². The summed E-state index contributed by atoms with van der Waals surface area (Å²) in [4.78, 5) is 33.8. The quantitative estimate of drug-likeness (QED) is 0.320. The molecule has 0 saturated heterocycles. The number of carbonyl (C=O) groups excluding carboxylic acids is 2. The normalized spacial score (nSPS) is 14.1. The number of benzene rings is 3. The average Bonchev–Trinajstić information content (AvgIpc) is 3.60. The number of anilines is 4. The van der Waals surface area contributed by atoms with E-state index < -0.39 is 6.03 Å². The minimum Gasteiger partial charge on any atom is -0.368 e. The Labute approximate surface area is 208 Å². The Bertz CT molecular complexity index is 1330. The number of amidine groups is 2. The predicted octanol–water partition coefficient (Wildman–Crippen LogP) is 3.67. The molecule has 10 nitrogen and oxygen atoms in total. The van der Waals surface area contributed by atoms with Crippen LogP contribution in [-0.4, -0.2) is 49.9 Å². The van der Waals surface area contributed by atoms with Crippen LogP contribution in [-0.2, 0) is 0 Å². The second-order valence-electron chi connectivity index (χ2n) is 8.21. The van der Waals surface area contributed by atoms with Gasteiger partial charge in [-0.1, -0.05) is 18.2 Å². The van der Waals surface area contributed by atoms with Crippen LogP contribution in [0.25, 0.3) is 0 Å². The number of hydrogen-bond donors (Lipinski definition) is 6. The molecule has 0 atom stereocenters. The van der Waals surface area contributed by atoms with Crippen molar-refractivity contribution in [2.75, 3.05) is 47.4 Å². The molecule has 0 aliphatic carbocycles. The molecule has 0 unspecified atom stereocenters. The van der Waals surface area contributed by atoms with Crippen molar-refractivity contribution < 1.29 is 9.59 Å². The van der Waals surface area contributed by atoms with Gasteiger partial charge < -0.3 is 31.9 Å². The number of hydrogen-bond acceptors (Lipinski definition) is 6. The fraction of sp³-hybridized carbons (Fsp3) is 0.154. The van der Waals surface area contributed by atoms with Crippen LogP contribution in [0, 0.1) is 0 Å². The average molecular weight is 483 g/mol. The van der Waals surface area contributed by atoms with E-state index in [-0.39, 0.29) is 6.03 Å². The molecule has 0 bridgehead atoms. The van der Waals surface area contributed by atoms with E-state index in [1.54, 1.807) is 24.3 Å². The molecule has 4 amide bonds. The molecule has 36 heavy (non-hydrogen) atoms. The van der Waals surface area contributed by atoms with Gasteiger partial charge in [0.05, 0.1) is 13.1 Å². The third-order valence-electron chi connectivity index (χ3n) is 5.54. The Hall–Kier alpha value is -4.86. The zero-order chi connectivity index (χ0) is 24.7. The first-order chi connectivity index (χ1) is 17.6. The largest absolute Gasteiger partial charge is 0.368 e. The molecule has 2 aliphatic rings. The molecule has 6 N–H and O–H groups in total. The van der Waals surface area contributed by atoms with Crippen molar-refractivity contribution in [2.24, 2.45) is 9.98 Å². The minimum absolute atomic E-state index is 0.388. The van der Waals surface area contributed by atoms with Crippen molar-refractivity contribution in [3.63, 3.8) is 0 Å². The van der Waals surface area contributed by atoms with Crippen molar-refractivity contribution in [1.82, 2.24) is 10.6 Å². The number of carbonyl (C=O) groups is 2. The van der Waals surface area contributed by atoms with Crippen LogP contribution in [0.15, 0.2) is 82.8 Å². The molecular weight excluding hydrogens is 456 g/mol. The highest BCUT2D eigenvalue weighted by molar-refractivity contribution is 6.04. The van der Waals surface area contributed by atoms with Gasteiger partial charge in [-0.15, -0.1) is 0 Å². The number of nitrogens with zero attached hydrogens (tertiary/aromatic N) is 2. The van der Waals surface area contributed by atoms with Gasteiger partial charge in [0.15, 0.2) is 0 Å². The third kappa shape index (κ3) is 5.79. The van der Waals surface area contributed by atoms with E-state index in [1.807, 2.05) is 48.5 Å². The maximum atomic E-state index is 12.5. The molecule has 0 saturated carbocycles. The van der Waals surface area contributed by atoms with Crippen molar-refractivity contribution in [3.8, 4) is 0 Å². The lowest BCUT2D eigenvalue weighted by Crippen LogP contribution is -2.22. The summed E-state index contributed by atoms with van der Waals surface area (Å²) in [6, 6.07) is 21.1. The van der Waals surface area contributed by atoms with Gasteiger partial charge in [0.25, 0.3) is 0 Å². The van der Waals surface area contributed by atoms with Crippen LogP contribution in [0.2, 0.25) is 0 Å². The Morgan fingerprint density at radius 3 is 1.64 bits per heavy atom.